The highest BCUT2D eigenvalue weighted by molar-refractivity contribution is 5.69. The van der Waals surface area contributed by atoms with Crippen molar-refractivity contribution in [1.82, 2.24) is 0 Å². The normalized spacial score (nSPS) is 9.74. The largest absolute Gasteiger partial charge is 0.495 e. The third-order valence-electron chi connectivity index (χ3n) is 2.83. The summed E-state index contributed by atoms with van der Waals surface area (Å²) >= 11 is 0. The molecule has 0 aliphatic rings. The third kappa shape index (κ3) is 4.63. The van der Waals surface area contributed by atoms with Gasteiger partial charge in [-0.25, -0.2) is 0 Å². The number of nitrogens with zero attached hydrogens (tertiary/aromatic N) is 1. The summed E-state index contributed by atoms with van der Waals surface area (Å²) in [6.07, 6.45) is 2.81. The summed E-state index contributed by atoms with van der Waals surface area (Å²) in [7, 11) is 1.56. The summed E-state index contributed by atoms with van der Waals surface area (Å²) in [4.78, 5) is 11.2. The Morgan fingerprint density at radius 2 is 2.16 bits per heavy atom. The molecule has 0 saturated heterocycles. The Morgan fingerprint density at radius 1 is 1.37 bits per heavy atom. The zero-order valence-corrected chi connectivity index (χ0v) is 11.4. The lowest BCUT2D eigenvalue weighted by molar-refractivity contribution is -0.143. The van der Waals surface area contributed by atoms with Gasteiger partial charge in [0.1, 0.15) is 11.8 Å². The highest BCUT2D eigenvalue weighted by Gasteiger charge is 2.08. The van der Waals surface area contributed by atoms with Gasteiger partial charge in [-0.1, -0.05) is 12.1 Å². The van der Waals surface area contributed by atoms with E-state index >= 15 is 0 Å². The summed E-state index contributed by atoms with van der Waals surface area (Å²) in [6.45, 7) is 2.22. The van der Waals surface area contributed by atoms with Crippen LogP contribution in [-0.2, 0) is 16.0 Å². The molecular formula is C15H19NO3. The summed E-state index contributed by atoms with van der Waals surface area (Å²) in [6, 6.07) is 7.74. The minimum Gasteiger partial charge on any atom is -0.495 e. The number of methoxy groups -OCH3 is 1. The molecule has 0 heterocycles. The Bertz CT molecular complexity index is 463. The van der Waals surface area contributed by atoms with E-state index in [0.717, 1.165) is 24.8 Å². The summed E-state index contributed by atoms with van der Waals surface area (Å²) in [5, 5.41) is 9.14. The van der Waals surface area contributed by atoms with Crippen molar-refractivity contribution in [3.05, 3.63) is 29.3 Å². The first-order valence-electron chi connectivity index (χ1n) is 6.44. The number of benzene rings is 1. The van der Waals surface area contributed by atoms with Crippen molar-refractivity contribution in [2.45, 2.75) is 32.6 Å². The Labute approximate surface area is 113 Å². The van der Waals surface area contributed by atoms with Crippen LogP contribution < -0.4 is 4.74 Å². The number of nitriles is 1. The van der Waals surface area contributed by atoms with Crippen molar-refractivity contribution in [2.24, 2.45) is 0 Å². The molecule has 0 radical (unpaired) electrons. The van der Waals surface area contributed by atoms with Gasteiger partial charge in [-0.15, -0.1) is 0 Å². The van der Waals surface area contributed by atoms with Gasteiger partial charge in [0.15, 0.2) is 0 Å². The van der Waals surface area contributed by atoms with Crippen LogP contribution in [0, 0.1) is 11.3 Å². The maximum atomic E-state index is 11.2. The Morgan fingerprint density at radius 3 is 2.79 bits per heavy atom. The van der Waals surface area contributed by atoms with Crippen LogP contribution in [0.3, 0.4) is 0 Å². The van der Waals surface area contributed by atoms with Crippen molar-refractivity contribution in [3.8, 4) is 11.8 Å². The maximum Gasteiger partial charge on any atom is 0.305 e. The molecule has 0 unspecified atom stereocenters. The Hall–Kier alpha value is -2.02. The molecule has 1 rings (SSSR count). The number of carbonyl (C=O) groups is 1. The lowest BCUT2D eigenvalue weighted by Crippen LogP contribution is -2.03. The van der Waals surface area contributed by atoms with E-state index in [1.807, 2.05) is 12.1 Å². The molecule has 0 aliphatic carbocycles. The van der Waals surface area contributed by atoms with E-state index < -0.39 is 0 Å². The lowest BCUT2D eigenvalue weighted by Gasteiger charge is -2.08. The lowest BCUT2D eigenvalue weighted by atomic mass is 10.0. The van der Waals surface area contributed by atoms with Crippen LogP contribution in [0.4, 0.5) is 0 Å². The fraction of sp³-hybridized carbons (Fsp3) is 0.467. The van der Waals surface area contributed by atoms with Gasteiger partial charge < -0.3 is 9.47 Å². The first kappa shape index (κ1) is 15.0. The number of ether oxygens (including phenoxy) is 2. The summed E-state index contributed by atoms with van der Waals surface area (Å²) in [5.41, 5.74) is 1.55. The van der Waals surface area contributed by atoms with E-state index in [-0.39, 0.29) is 5.97 Å². The standard InChI is InChI=1S/C15H19NO3/c1-3-19-15(17)10-5-4-7-12-8-6-9-14(18-2)13(12)11-16/h6,8-9H,3-5,7,10H2,1-2H3. The molecular weight excluding hydrogens is 242 g/mol. The molecule has 0 bridgehead atoms. The Balaban J connectivity index is 2.50. The first-order valence-corrected chi connectivity index (χ1v) is 6.44. The van der Waals surface area contributed by atoms with Gasteiger partial charge in [-0.05, 0) is 37.8 Å². The molecule has 102 valence electrons. The molecule has 0 N–H and O–H groups in total. The van der Waals surface area contributed by atoms with Crippen molar-refractivity contribution >= 4 is 5.97 Å². The van der Waals surface area contributed by atoms with Crippen LogP contribution in [0.1, 0.15) is 37.3 Å². The van der Waals surface area contributed by atoms with Crippen LogP contribution in [0.25, 0.3) is 0 Å². The maximum absolute atomic E-state index is 11.2. The minimum atomic E-state index is -0.159. The second-order valence-corrected chi connectivity index (χ2v) is 4.12. The van der Waals surface area contributed by atoms with Gasteiger partial charge in [0.2, 0.25) is 0 Å². The second-order valence-electron chi connectivity index (χ2n) is 4.12. The molecule has 0 aliphatic heterocycles. The number of esters is 1. The van der Waals surface area contributed by atoms with Gasteiger partial charge in [0.25, 0.3) is 0 Å². The number of carbonyl (C=O) groups excluding carboxylic acids is 1. The average Bonchev–Trinajstić information content (AvgIpc) is 2.43. The summed E-state index contributed by atoms with van der Waals surface area (Å²) in [5.74, 6) is 0.444. The van der Waals surface area contributed by atoms with E-state index in [1.54, 1.807) is 20.1 Å². The quantitative estimate of drug-likeness (QED) is 0.559. The highest BCUT2D eigenvalue weighted by atomic mass is 16.5. The Kier molecular flexibility index (Phi) is 6.45. The number of unbranched alkanes of at least 4 members (excludes halogenated alkanes) is 1. The van der Waals surface area contributed by atoms with Crippen molar-refractivity contribution < 1.29 is 14.3 Å². The van der Waals surface area contributed by atoms with E-state index in [9.17, 15) is 4.79 Å². The predicted molar refractivity (Wildman–Crippen MR) is 71.9 cm³/mol. The molecule has 1 aromatic rings. The molecule has 1 aromatic carbocycles. The third-order valence-corrected chi connectivity index (χ3v) is 2.83. The van der Waals surface area contributed by atoms with Gasteiger partial charge >= 0.3 is 5.97 Å². The smallest absolute Gasteiger partial charge is 0.305 e. The van der Waals surface area contributed by atoms with Crippen LogP contribution in [-0.4, -0.2) is 19.7 Å². The molecule has 4 nitrogen and oxygen atoms in total. The minimum absolute atomic E-state index is 0.159. The summed E-state index contributed by atoms with van der Waals surface area (Å²) < 4.78 is 10.0. The highest BCUT2D eigenvalue weighted by Crippen LogP contribution is 2.22. The molecule has 0 spiro atoms. The number of rotatable bonds is 7. The van der Waals surface area contributed by atoms with Crippen molar-refractivity contribution in [2.75, 3.05) is 13.7 Å². The number of hydrogen-bond donors (Lipinski definition) is 0. The fourth-order valence-electron chi connectivity index (χ4n) is 1.90. The van der Waals surface area contributed by atoms with E-state index in [4.69, 9.17) is 14.7 Å². The number of aryl methyl sites for hydroxylation is 1. The van der Waals surface area contributed by atoms with Crippen molar-refractivity contribution in [3.63, 3.8) is 0 Å². The molecule has 0 fully saturated rings. The molecule has 0 saturated carbocycles. The van der Waals surface area contributed by atoms with Gasteiger partial charge in [0.05, 0.1) is 19.3 Å². The molecule has 19 heavy (non-hydrogen) atoms. The molecule has 0 atom stereocenters. The second kappa shape index (κ2) is 8.15. The topological polar surface area (TPSA) is 59.3 Å². The molecule has 4 heteroatoms. The van der Waals surface area contributed by atoms with E-state index in [0.29, 0.717) is 24.3 Å². The predicted octanol–water partition coefficient (Wildman–Crippen LogP) is 2.84. The van der Waals surface area contributed by atoms with Crippen LogP contribution in [0.15, 0.2) is 18.2 Å². The zero-order valence-electron chi connectivity index (χ0n) is 11.4. The first-order chi connectivity index (χ1) is 9.22. The SMILES string of the molecule is CCOC(=O)CCCCc1cccc(OC)c1C#N. The van der Waals surface area contributed by atoms with Gasteiger partial charge in [-0.2, -0.15) is 5.26 Å². The molecule has 0 aromatic heterocycles. The van der Waals surface area contributed by atoms with Gasteiger partial charge in [0, 0.05) is 6.42 Å². The monoisotopic (exact) mass is 261 g/mol. The number of hydrogen-bond acceptors (Lipinski definition) is 4. The van der Waals surface area contributed by atoms with E-state index in [2.05, 4.69) is 6.07 Å². The average molecular weight is 261 g/mol. The zero-order chi connectivity index (χ0) is 14.1. The van der Waals surface area contributed by atoms with Crippen molar-refractivity contribution in [1.29, 1.82) is 5.26 Å². The van der Waals surface area contributed by atoms with Gasteiger partial charge in [-0.3, -0.25) is 4.79 Å². The van der Waals surface area contributed by atoms with Crippen LogP contribution in [0.5, 0.6) is 5.75 Å². The van der Waals surface area contributed by atoms with E-state index in [1.165, 1.54) is 0 Å². The van der Waals surface area contributed by atoms with Crippen LogP contribution >= 0.6 is 0 Å². The molecule has 0 amide bonds. The fourth-order valence-corrected chi connectivity index (χ4v) is 1.90. The van der Waals surface area contributed by atoms with Crippen LogP contribution in [0.2, 0.25) is 0 Å².